The Morgan fingerprint density at radius 2 is 2.33 bits per heavy atom. The molecule has 0 saturated heterocycles. The van der Waals surface area contributed by atoms with Crippen LogP contribution in [0.1, 0.15) is 43.6 Å². The quantitative estimate of drug-likeness (QED) is 0.804. The van der Waals surface area contributed by atoms with Crippen LogP contribution in [0.25, 0.3) is 0 Å². The number of ketones is 1. The van der Waals surface area contributed by atoms with E-state index in [1.165, 1.54) is 6.07 Å². The second kappa shape index (κ2) is 3.96. The fraction of sp³-hybridized carbons (Fsp3) is 0.545. The first-order valence-electron chi connectivity index (χ1n) is 5.31. The van der Waals surface area contributed by atoms with Crippen molar-refractivity contribution in [3.05, 3.63) is 27.9 Å². The van der Waals surface area contributed by atoms with Crippen LogP contribution in [0.4, 0.5) is 0 Å². The molecule has 1 heterocycles. The summed E-state index contributed by atoms with van der Waals surface area (Å²) in [6.07, 6.45) is 2.95. The monoisotopic (exact) mass is 206 g/mol. The lowest BCUT2D eigenvalue weighted by atomic mass is 10.2. The van der Waals surface area contributed by atoms with Gasteiger partial charge < -0.3 is 4.98 Å². The van der Waals surface area contributed by atoms with Crippen molar-refractivity contribution in [1.29, 1.82) is 0 Å². The van der Waals surface area contributed by atoms with E-state index in [0.717, 1.165) is 18.7 Å². The standard InChI is InChI=1S/C11H14N2O2/c1-2-9(14)5-8-6-10(15)13-11(12-8)7-3-4-7/h6-7H,2-5H2,1H3,(H,12,13,15). The SMILES string of the molecule is CCC(=O)Cc1cc(=O)[nH]c(C2CC2)n1. The molecule has 1 aromatic rings. The van der Waals surface area contributed by atoms with Crippen molar-refractivity contribution in [1.82, 2.24) is 9.97 Å². The van der Waals surface area contributed by atoms with Crippen molar-refractivity contribution in [2.45, 2.75) is 38.5 Å². The molecule has 1 aliphatic rings. The Hall–Kier alpha value is -1.45. The van der Waals surface area contributed by atoms with E-state index in [2.05, 4.69) is 9.97 Å². The molecular weight excluding hydrogens is 192 g/mol. The van der Waals surface area contributed by atoms with E-state index >= 15 is 0 Å². The van der Waals surface area contributed by atoms with Crippen LogP contribution in [0.5, 0.6) is 0 Å². The van der Waals surface area contributed by atoms with Crippen LogP contribution in [0.15, 0.2) is 10.9 Å². The van der Waals surface area contributed by atoms with Gasteiger partial charge in [0.05, 0.1) is 5.69 Å². The molecule has 0 aliphatic heterocycles. The Kier molecular flexibility index (Phi) is 2.66. The van der Waals surface area contributed by atoms with Gasteiger partial charge in [-0.3, -0.25) is 9.59 Å². The summed E-state index contributed by atoms with van der Waals surface area (Å²) in [7, 11) is 0. The van der Waals surface area contributed by atoms with Crippen LogP contribution >= 0.6 is 0 Å². The molecule has 0 spiro atoms. The molecule has 1 fully saturated rings. The van der Waals surface area contributed by atoms with Crippen molar-refractivity contribution >= 4 is 5.78 Å². The lowest BCUT2D eigenvalue weighted by Gasteiger charge is -2.01. The van der Waals surface area contributed by atoms with Gasteiger partial charge in [0, 0.05) is 24.8 Å². The third-order valence-electron chi connectivity index (χ3n) is 2.55. The van der Waals surface area contributed by atoms with Gasteiger partial charge in [-0.1, -0.05) is 6.92 Å². The molecule has 1 aromatic heterocycles. The fourth-order valence-electron chi connectivity index (χ4n) is 1.50. The average molecular weight is 206 g/mol. The van der Waals surface area contributed by atoms with Crippen LogP contribution in [0.3, 0.4) is 0 Å². The number of aromatic amines is 1. The third-order valence-corrected chi connectivity index (χ3v) is 2.55. The molecule has 4 heteroatoms. The molecular formula is C11H14N2O2. The maximum atomic E-state index is 11.3. The number of Topliss-reactive ketones (excluding diaryl/α,β-unsaturated/α-hetero) is 1. The summed E-state index contributed by atoms with van der Waals surface area (Å²) in [5.74, 6) is 1.28. The smallest absolute Gasteiger partial charge is 0.251 e. The Labute approximate surface area is 87.7 Å². The van der Waals surface area contributed by atoms with Crippen LogP contribution < -0.4 is 5.56 Å². The predicted molar refractivity (Wildman–Crippen MR) is 55.8 cm³/mol. The fourth-order valence-corrected chi connectivity index (χ4v) is 1.50. The van der Waals surface area contributed by atoms with Crippen molar-refractivity contribution in [3.63, 3.8) is 0 Å². The lowest BCUT2D eigenvalue weighted by molar-refractivity contribution is -0.118. The summed E-state index contributed by atoms with van der Waals surface area (Å²) in [6, 6.07) is 1.42. The van der Waals surface area contributed by atoms with Gasteiger partial charge in [0.15, 0.2) is 0 Å². The molecule has 0 unspecified atom stereocenters. The van der Waals surface area contributed by atoms with Crippen LogP contribution in [0, 0.1) is 0 Å². The first-order valence-corrected chi connectivity index (χ1v) is 5.31. The zero-order chi connectivity index (χ0) is 10.8. The average Bonchev–Trinajstić information content (AvgIpc) is 2.99. The predicted octanol–water partition coefficient (Wildman–Crippen LogP) is 1.17. The van der Waals surface area contributed by atoms with Gasteiger partial charge in [-0.15, -0.1) is 0 Å². The minimum atomic E-state index is -0.147. The largest absolute Gasteiger partial charge is 0.310 e. The molecule has 0 bridgehead atoms. The molecule has 1 N–H and O–H groups in total. The van der Waals surface area contributed by atoms with E-state index < -0.39 is 0 Å². The van der Waals surface area contributed by atoms with E-state index in [4.69, 9.17) is 0 Å². The van der Waals surface area contributed by atoms with E-state index in [-0.39, 0.29) is 17.8 Å². The Morgan fingerprint density at radius 3 is 2.93 bits per heavy atom. The molecule has 15 heavy (non-hydrogen) atoms. The molecule has 0 atom stereocenters. The summed E-state index contributed by atoms with van der Waals surface area (Å²) in [4.78, 5) is 29.6. The topological polar surface area (TPSA) is 62.8 Å². The minimum absolute atomic E-state index is 0.120. The zero-order valence-electron chi connectivity index (χ0n) is 8.75. The molecule has 0 amide bonds. The molecule has 2 rings (SSSR count). The number of carbonyl (C=O) groups is 1. The Morgan fingerprint density at radius 1 is 1.60 bits per heavy atom. The highest BCUT2D eigenvalue weighted by Gasteiger charge is 2.26. The highest BCUT2D eigenvalue weighted by Crippen LogP contribution is 2.37. The van der Waals surface area contributed by atoms with E-state index in [9.17, 15) is 9.59 Å². The molecule has 0 radical (unpaired) electrons. The summed E-state index contributed by atoms with van der Waals surface area (Å²) in [5, 5.41) is 0. The second-order valence-corrected chi connectivity index (χ2v) is 3.97. The number of nitrogens with one attached hydrogen (secondary N) is 1. The summed E-state index contributed by atoms with van der Waals surface area (Å²) in [5.41, 5.74) is 0.457. The summed E-state index contributed by atoms with van der Waals surface area (Å²) in [6.45, 7) is 1.82. The first-order chi connectivity index (χ1) is 7.19. The molecule has 1 saturated carbocycles. The Balaban J connectivity index is 2.23. The number of H-pyrrole nitrogens is 1. The van der Waals surface area contributed by atoms with Crippen LogP contribution in [0.2, 0.25) is 0 Å². The zero-order valence-corrected chi connectivity index (χ0v) is 8.75. The number of aromatic nitrogens is 2. The van der Waals surface area contributed by atoms with Crippen molar-refractivity contribution in [2.24, 2.45) is 0 Å². The second-order valence-electron chi connectivity index (χ2n) is 3.97. The lowest BCUT2D eigenvalue weighted by Crippen LogP contribution is -2.14. The molecule has 4 nitrogen and oxygen atoms in total. The first kappa shape index (κ1) is 10.1. The molecule has 1 aliphatic carbocycles. The Bertz CT molecular complexity index is 432. The van der Waals surface area contributed by atoms with Crippen molar-refractivity contribution in [3.8, 4) is 0 Å². The number of nitrogens with zero attached hydrogens (tertiary/aromatic N) is 1. The molecule has 0 aromatic carbocycles. The van der Waals surface area contributed by atoms with Gasteiger partial charge in [0.1, 0.15) is 11.6 Å². The van der Waals surface area contributed by atoms with Gasteiger partial charge in [0.2, 0.25) is 0 Å². The maximum Gasteiger partial charge on any atom is 0.251 e. The normalized spacial score (nSPS) is 15.3. The number of rotatable bonds is 4. The van der Waals surface area contributed by atoms with E-state index in [1.54, 1.807) is 0 Å². The minimum Gasteiger partial charge on any atom is -0.310 e. The number of carbonyl (C=O) groups excluding carboxylic acids is 1. The van der Waals surface area contributed by atoms with Crippen molar-refractivity contribution in [2.75, 3.05) is 0 Å². The maximum absolute atomic E-state index is 11.3. The van der Waals surface area contributed by atoms with Crippen LogP contribution in [-0.4, -0.2) is 15.8 Å². The van der Waals surface area contributed by atoms with E-state index in [1.807, 2.05) is 6.92 Å². The highest BCUT2D eigenvalue weighted by molar-refractivity contribution is 5.80. The van der Waals surface area contributed by atoms with Gasteiger partial charge in [-0.05, 0) is 12.8 Å². The van der Waals surface area contributed by atoms with Gasteiger partial charge in [0.25, 0.3) is 5.56 Å². The van der Waals surface area contributed by atoms with E-state index in [0.29, 0.717) is 18.0 Å². The molecule has 80 valence electrons. The van der Waals surface area contributed by atoms with Crippen molar-refractivity contribution < 1.29 is 4.79 Å². The van der Waals surface area contributed by atoms with Gasteiger partial charge in [-0.2, -0.15) is 0 Å². The van der Waals surface area contributed by atoms with Crippen LogP contribution in [-0.2, 0) is 11.2 Å². The number of hydrogen-bond donors (Lipinski definition) is 1. The summed E-state index contributed by atoms with van der Waals surface area (Å²) >= 11 is 0. The van der Waals surface area contributed by atoms with Gasteiger partial charge in [-0.25, -0.2) is 4.98 Å². The number of hydrogen-bond acceptors (Lipinski definition) is 3. The van der Waals surface area contributed by atoms with Gasteiger partial charge >= 0.3 is 0 Å². The summed E-state index contributed by atoms with van der Waals surface area (Å²) < 4.78 is 0. The third kappa shape index (κ3) is 2.52. The highest BCUT2D eigenvalue weighted by atomic mass is 16.1.